The van der Waals surface area contributed by atoms with E-state index in [9.17, 15) is 9.18 Å². The largest absolute Gasteiger partial charge is 0.311 e. The van der Waals surface area contributed by atoms with Crippen LogP contribution < -0.4 is 4.90 Å². The maximum Gasteiger partial charge on any atom is 0.241 e. The van der Waals surface area contributed by atoms with Crippen LogP contribution in [0.25, 0.3) is 0 Å². The molecule has 0 saturated carbocycles. The number of para-hydroxylation sites is 1. The van der Waals surface area contributed by atoms with Crippen molar-refractivity contribution in [2.75, 3.05) is 25.0 Å². The molecule has 2 aromatic carbocycles. The molecule has 1 aliphatic rings. The van der Waals surface area contributed by atoms with Crippen LogP contribution in [0.2, 0.25) is 0 Å². The Labute approximate surface area is 136 Å². The van der Waals surface area contributed by atoms with Crippen molar-refractivity contribution in [3.8, 4) is 0 Å². The van der Waals surface area contributed by atoms with Crippen LogP contribution in [0, 0.1) is 5.82 Å². The molecule has 0 spiro atoms. The summed E-state index contributed by atoms with van der Waals surface area (Å²) in [6.07, 6.45) is 2.00. The third-order valence-corrected chi connectivity index (χ3v) is 4.21. The highest BCUT2D eigenvalue weighted by Crippen LogP contribution is 2.26. The van der Waals surface area contributed by atoms with E-state index in [0.29, 0.717) is 12.1 Å². The number of rotatable bonds is 4. The summed E-state index contributed by atoms with van der Waals surface area (Å²) in [7, 11) is 1.85. The third kappa shape index (κ3) is 3.59. The highest BCUT2D eigenvalue weighted by molar-refractivity contribution is 5.95. The van der Waals surface area contributed by atoms with Crippen molar-refractivity contribution >= 4 is 11.6 Å². The number of aryl methyl sites for hydroxylation is 1. The fourth-order valence-electron chi connectivity index (χ4n) is 3.08. The van der Waals surface area contributed by atoms with Crippen molar-refractivity contribution in [3.63, 3.8) is 0 Å². The SMILES string of the molecule is CN(CC(=O)N1CCCc2ccccc21)Cc1ccccc1F. The molecule has 0 N–H and O–H groups in total. The molecule has 3 nitrogen and oxygen atoms in total. The molecule has 4 heteroatoms. The Morgan fingerprint density at radius 3 is 2.74 bits per heavy atom. The fraction of sp³-hybridized carbons (Fsp3) is 0.316. The Hall–Kier alpha value is -2.20. The van der Waals surface area contributed by atoms with Gasteiger partial charge in [-0.15, -0.1) is 0 Å². The molecule has 0 aromatic heterocycles. The highest BCUT2D eigenvalue weighted by Gasteiger charge is 2.23. The monoisotopic (exact) mass is 312 g/mol. The number of amides is 1. The average Bonchev–Trinajstić information content (AvgIpc) is 2.56. The van der Waals surface area contributed by atoms with E-state index in [2.05, 4.69) is 6.07 Å². The van der Waals surface area contributed by atoms with Gasteiger partial charge in [0.15, 0.2) is 0 Å². The van der Waals surface area contributed by atoms with Crippen LogP contribution >= 0.6 is 0 Å². The lowest BCUT2D eigenvalue weighted by Crippen LogP contribution is -2.41. The predicted molar refractivity (Wildman–Crippen MR) is 89.9 cm³/mol. The van der Waals surface area contributed by atoms with Gasteiger partial charge in [0.05, 0.1) is 6.54 Å². The van der Waals surface area contributed by atoms with Gasteiger partial charge in [-0.2, -0.15) is 0 Å². The van der Waals surface area contributed by atoms with E-state index in [1.807, 2.05) is 41.1 Å². The van der Waals surface area contributed by atoms with E-state index in [0.717, 1.165) is 25.1 Å². The number of benzene rings is 2. The summed E-state index contributed by atoms with van der Waals surface area (Å²) in [5.41, 5.74) is 2.86. The number of carbonyl (C=O) groups excluding carboxylic acids is 1. The first-order valence-electron chi connectivity index (χ1n) is 7.95. The van der Waals surface area contributed by atoms with Crippen molar-refractivity contribution in [3.05, 3.63) is 65.5 Å². The molecule has 120 valence electrons. The molecule has 0 saturated heterocycles. The summed E-state index contributed by atoms with van der Waals surface area (Å²) >= 11 is 0. The van der Waals surface area contributed by atoms with Gasteiger partial charge in [0.2, 0.25) is 5.91 Å². The van der Waals surface area contributed by atoms with Gasteiger partial charge in [-0.05, 0) is 37.6 Å². The Morgan fingerprint density at radius 1 is 1.17 bits per heavy atom. The van der Waals surface area contributed by atoms with Crippen molar-refractivity contribution in [2.24, 2.45) is 0 Å². The lowest BCUT2D eigenvalue weighted by Gasteiger charge is -2.31. The van der Waals surface area contributed by atoms with E-state index < -0.39 is 0 Å². The van der Waals surface area contributed by atoms with Crippen LogP contribution in [0.5, 0.6) is 0 Å². The number of hydrogen-bond acceptors (Lipinski definition) is 2. The van der Waals surface area contributed by atoms with Crippen molar-refractivity contribution in [1.29, 1.82) is 0 Å². The normalized spacial score (nSPS) is 14.0. The zero-order valence-electron chi connectivity index (χ0n) is 13.3. The lowest BCUT2D eigenvalue weighted by molar-refractivity contribution is -0.119. The van der Waals surface area contributed by atoms with Crippen molar-refractivity contribution in [1.82, 2.24) is 4.90 Å². The first-order chi connectivity index (χ1) is 11.1. The van der Waals surface area contributed by atoms with Gasteiger partial charge >= 0.3 is 0 Å². The van der Waals surface area contributed by atoms with Crippen LogP contribution in [0.1, 0.15) is 17.5 Å². The second kappa shape index (κ2) is 6.92. The molecule has 1 aliphatic heterocycles. The maximum absolute atomic E-state index is 13.7. The zero-order valence-corrected chi connectivity index (χ0v) is 13.3. The van der Waals surface area contributed by atoms with E-state index in [-0.39, 0.29) is 18.3 Å². The Morgan fingerprint density at radius 2 is 1.91 bits per heavy atom. The predicted octanol–water partition coefficient (Wildman–Crippen LogP) is 3.24. The zero-order chi connectivity index (χ0) is 16.2. The number of fused-ring (bicyclic) bond motifs is 1. The van der Waals surface area contributed by atoms with Crippen LogP contribution in [0.3, 0.4) is 0 Å². The van der Waals surface area contributed by atoms with Gasteiger partial charge < -0.3 is 4.90 Å². The number of hydrogen-bond donors (Lipinski definition) is 0. The number of carbonyl (C=O) groups is 1. The van der Waals surface area contributed by atoms with Gasteiger partial charge in [-0.25, -0.2) is 4.39 Å². The van der Waals surface area contributed by atoms with Crippen LogP contribution in [0.15, 0.2) is 48.5 Å². The van der Waals surface area contributed by atoms with Crippen LogP contribution in [-0.2, 0) is 17.8 Å². The van der Waals surface area contributed by atoms with E-state index in [1.54, 1.807) is 12.1 Å². The molecule has 23 heavy (non-hydrogen) atoms. The van der Waals surface area contributed by atoms with Gasteiger partial charge in [-0.1, -0.05) is 36.4 Å². The van der Waals surface area contributed by atoms with Gasteiger partial charge in [0, 0.05) is 24.3 Å². The summed E-state index contributed by atoms with van der Waals surface area (Å²) in [6.45, 7) is 1.46. The summed E-state index contributed by atoms with van der Waals surface area (Å²) in [5.74, 6) is -0.161. The third-order valence-electron chi connectivity index (χ3n) is 4.21. The van der Waals surface area contributed by atoms with Crippen LogP contribution in [-0.4, -0.2) is 30.9 Å². The molecule has 0 fully saturated rings. The first-order valence-corrected chi connectivity index (χ1v) is 7.95. The molecule has 0 unspecified atom stereocenters. The lowest BCUT2D eigenvalue weighted by atomic mass is 10.0. The van der Waals surface area contributed by atoms with E-state index in [4.69, 9.17) is 0 Å². The van der Waals surface area contributed by atoms with Crippen molar-refractivity contribution < 1.29 is 9.18 Å². The molecule has 0 radical (unpaired) electrons. The molecule has 2 aromatic rings. The quantitative estimate of drug-likeness (QED) is 0.865. The molecule has 0 atom stereocenters. The fourth-order valence-corrected chi connectivity index (χ4v) is 3.08. The molecule has 1 amide bonds. The van der Waals surface area contributed by atoms with Crippen molar-refractivity contribution in [2.45, 2.75) is 19.4 Å². The number of likely N-dealkylation sites (N-methyl/N-ethyl adjacent to an activating group) is 1. The number of nitrogens with zero attached hydrogens (tertiary/aromatic N) is 2. The summed E-state index contributed by atoms with van der Waals surface area (Å²) in [4.78, 5) is 16.4. The molecule has 3 rings (SSSR count). The minimum atomic E-state index is -0.227. The first kappa shape index (κ1) is 15.7. The van der Waals surface area contributed by atoms with Gasteiger partial charge in [0.1, 0.15) is 5.82 Å². The summed E-state index contributed by atoms with van der Waals surface area (Å²) in [5, 5.41) is 0. The average molecular weight is 312 g/mol. The van der Waals surface area contributed by atoms with E-state index in [1.165, 1.54) is 11.6 Å². The summed E-state index contributed by atoms with van der Waals surface area (Å²) in [6, 6.07) is 14.8. The Bertz CT molecular complexity index is 701. The Kier molecular flexibility index (Phi) is 4.72. The maximum atomic E-state index is 13.7. The van der Waals surface area contributed by atoms with Crippen LogP contribution in [0.4, 0.5) is 10.1 Å². The molecule has 0 aliphatic carbocycles. The number of anilines is 1. The second-order valence-electron chi connectivity index (χ2n) is 6.04. The Balaban J connectivity index is 1.67. The minimum absolute atomic E-state index is 0.0657. The highest BCUT2D eigenvalue weighted by atomic mass is 19.1. The number of halogens is 1. The van der Waals surface area contributed by atoms with E-state index >= 15 is 0 Å². The summed E-state index contributed by atoms with van der Waals surface area (Å²) < 4.78 is 13.7. The molecular weight excluding hydrogens is 291 g/mol. The molecule has 0 bridgehead atoms. The topological polar surface area (TPSA) is 23.6 Å². The van der Waals surface area contributed by atoms with Gasteiger partial charge in [0.25, 0.3) is 0 Å². The minimum Gasteiger partial charge on any atom is -0.311 e. The molecular formula is C19H21FN2O. The standard InChI is InChI=1S/C19H21FN2O/c1-21(13-16-8-2-4-10-17(16)20)14-19(23)22-12-6-9-15-7-3-5-11-18(15)22/h2-5,7-8,10-11H,6,9,12-14H2,1H3. The van der Waals surface area contributed by atoms with Gasteiger partial charge in [-0.3, -0.25) is 9.69 Å². The second-order valence-corrected chi connectivity index (χ2v) is 6.04. The molecule has 1 heterocycles. The smallest absolute Gasteiger partial charge is 0.241 e.